The van der Waals surface area contributed by atoms with Gasteiger partial charge in [-0.1, -0.05) is 0 Å². The van der Waals surface area contributed by atoms with Gasteiger partial charge in [-0.15, -0.1) is 0 Å². The summed E-state index contributed by atoms with van der Waals surface area (Å²) in [5.74, 6) is 0. The first-order valence-corrected chi connectivity index (χ1v) is 8.70. The van der Waals surface area contributed by atoms with Gasteiger partial charge in [0.15, 0.2) is 0 Å². The lowest BCUT2D eigenvalue weighted by atomic mass is 10.2. The van der Waals surface area contributed by atoms with Crippen LogP contribution in [-0.4, -0.2) is 57.3 Å². The number of hydrogen-bond donors (Lipinski definition) is 2. The van der Waals surface area contributed by atoms with Crippen LogP contribution in [0.4, 0.5) is 4.79 Å². The van der Waals surface area contributed by atoms with Crippen molar-refractivity contribution in [2.45, 2.75) is 70.6 Å². The number of carbonyl (C=O) groups excluding carboxylic acids is 1. The molecule has 0 bridgehead atoms. The van der Waals surface area contributed by atoms with Crippen LogP contribution in [0, 0.1) is 0 Å². The summed E-state index contributed by atoms with van der Waals surface area (Å²) >= 11 is 0. The minimum absolute atomic E-state index is 0.222. The second-order valence-electron chi connectivity index (χ2n) is 7.12. The van der Waals surface area contributed by atoms with Gasteiger partial charge in [0.2, 0.25) is 0 Å². The number of carbonyl (C=O) groups is 1. The summed E-state index contributed by atoms with van der Waals surface area (Å²) in [5.41, 5.74) is -0.439. The van der Waals surface area contributed by atoms with Crippen LogP contribution in [0.2, 0.25) is 0 Å². The summed E-state index contributed by atoms with van der Waals surface area (Å²) in [6, 6.07) is 0.712. The molecular weight excluding hydrogens is 296 g/mol. The highest BCUT2D eigenvalue weighted by Crippen LogP contribution is 2.19. The Labute approximate surface area is 140 Å². The number of alkyl carbamates (subject to hydrolysis) is 1. The van der Waals surface area contributed by atoms with E-state index in [1.165, 1.54) is 0 Å². The van der Waals surface area contributed by atoms with E-state index in [1.807, 2.05) is 20.8 Å². The van der Waals surface area contributed by atoms with E-state index in [1.54, 1.807) is 7.11 Å². The van der Waals surface area contributed by atoms with E-state index in [4.69, 9.17) is 14.2 Å². The molecule has 0 aliphatic heterocycles. The molecule has 6 heteroatoms. The molecule has 1 fully saturated rings. The molecule has 1 amide bonds. The molecule has 2 N–H and O–H groups in total. The monoisotopic (exact) mass is 330 g/mol. The van der Waals surface area contributed by atoms with Crippen LogP contribution in [0.1, 0.15) is 52.9 Å². The molecule has 1 saturated carbocycles. The first-order valence-electron chi connectivity index (χ1n) is 8.70. The molecule has 2 unspecified atom stereocenters. The molecule has 0 radical (unpaired) electrons. The molecule has 0 aromatic carbocycles. The Morgan fingerprint density at radius 1 is 1.09 bits per heavy atom. The predicted octanol–water partition coefficient (Wildman–Crippen LogP) is 2.46. The maximum atomic E-state index is 11.8. The molecule has 1 rings (SSSR count). The van der Waals surface area contributed by atoms with Crippen molar-refractivity contribution in [2.24, 2.45) is 0 Å². The maximum Gasteiger partial charge on any atom is 0.407 e. The first-order chi connectivity index (χ1) is 10.9. The first kappa shape index (κ1) is 20.2. The molecule has 2 atom stereocenters. The van der Waals surface area contributed by atoms with Gasteiger partial charge in [-0.2, -0.15) is 0 Å². The van der Waals surface area contributed by atoms with Crippen molar-refractivity contribution in [2.75, 3.05) is 33.5 Å². The largest absolute Gasteiger partial charge is 0.444 e. The fraction of sp³-hybridized carbons (Fsp3) is 0.941. The average Bonchev–Trinajstić information content (AvgIpc) is 2.87. The highest BCUT2D eigenvalue weighted by molar-refractivity contribution is 5.68. The van der Waals surface area contributed by atoms with Crippen LogP contribution in [0.5, 0.6) is 0 Å². The smallest absolute Gasteiger partial charge is 0.407 e. The van der Waals surface area contributed by atoms with Crippen molar-refractivity contribution < 1.29 is 19.0 Å². The molecule has 0 saturated heterocycles. The summed E-state index contributed by atoms with van der Waals surface area (Å²) in [6.07, 6.45) is 4.94. The molecule has 6 nitrogen and oxygen atoms in total. The minimum Gasteiger partial charge on any atom is -0.444 e. The van der Waals surface area contributed by atoms with Gasteiger partial charge in [-0.3, -0.25) is 0 Å². The van der Waals surface area contributed by atoms with Crippen LogP contribution in [0.3, 0.4) is 0 Å². The van der Waals surface area contributed by atoms with Crippen molar-refractivity contribution in [3.8, 4) is 0 Å². The lowest BCUT2D eigenvalue weighted by Gasteiger charge is -2.21. The van der Waals surface area contributed by atoms with E-state index >= 15 is 0 Å². The highest BCUT2D eigenvalue weighted by atomic mass is 16.6. The molecule has 23 heavy (non-hydrogen) atoms. The van der Waals surface area contributed by atoms with E-state index < -0.39 is 5.60 Å². The summed E-state index contributed by atoms with van der Waals surface area (Å²) in [7, 11) is 1.68. The van der Waals surface area contributed by atoms with Crippen molar-refractivity contribution in [1.29, 1.82) is 0 Å². The van der Waals surface area contributed by atoms with E-state index in [0.29, 0.717) is 19.3 Å². The third kappa shape index (κ3) is 10.5. The molecule has 0 aromatic rings. The number of hydrogen-bond acceptors (Lipinski definition) is 5. The van der Waals surface area contributed by atoms with Gasteiger partial charge in [0.05, 0.1) is 13.2 Å². The van der Waals surface area contributed by atoms with Gasteiger partial charge < -0.3 is 24.8 Å². The molecule has 0 heterocycles. The Bertz CT molecular complexity index is 331. The summed E-state index contributed by atoms with van der Waals surface area (Å²) in [5, 5.41) is 6.53. The highest BCUT2D eigenvalue weighted by Gasteiger charge is 2.27. The van der Waals surface area contributed by atoms with Crippen molar-refractivity contribution in [3.63, 3.8) is 0 Å². The Morgan fingerprint density at radius 2 is 1.83 bits per heavy atom. The number of nitrogens with one attached hydrogen (secondary N) is 2. The molecule has 0 spiro atoms. The van der Waals surface area contributed by atoms with Gasteiger partial charge in [0.25, 0.3) is 0 Å². The normalized spacial score (nSPS) is 21.4. The lowest BCUT2D eigenvalue weighted by molar-refractivity contribution is 0.0505. The van der Waals surface area contributed by atoms with E-state index in [-0.39, 0.29) is 12.1 Å². The standard InChI is InChI=1S/C17H34N2O4/c1-17(2,3)23-16(20)19-15-8-7-14(13-15)18-9-5-6-10-22-12-11-21-4/h14-15,18H,5-13H2,1-4H3,(H,19,20). The summed E-state index contributed by atoms with van der Waals surface area (Å²) < 4.78 is 15.7. The van der Waals surface area contributed by atoms with E-state index in [0.717, 1.165) is 45.3 Å². The fourth-order valence-electron chi connectivity index (χ4n) is 2.65. The van der Waals surface area contributed by atoms with E-state index in [2.05, 4.69) is 10.6 Å². The average molecular weight is 330 g/mol. The Balaban J connectivity index is 2.01. The zero-order chi connectivity index (χ0) is 17.1. The number of unbranched alkanes of at least 4 members (excludes halogenated alkanes) is 1. The SMILES string of the molecule is COCCOCCCCNC1CCC(NC(=O)OC(C)(C)C)C1. The number of rotatable bonds is 10. The van der Waals surface area contributed by atoms with Crippen molar-refractivity contribution in [1.82, 2.24) is 10.6 Å². The zero-order valence-corrected chi connectivity index (χ0v) is 15.2. The third-order valence-electron chi connectivity index (χ3n) is 3.73. The Kier molecular flexibility index (Phi) is 9.52. The number of ether oxygens (including phenoxy) is 3. The van der Waals surface area contributed by atoms with Crippen LogP contribution < -0.4 is 10.6 Å². The Hall–Kier alpha value is -0.850. The molecule has 1 aliphatic rings. The lowest BCUT2D eigenvalue weighted by Crippen LogP contribution is -2.39. The number of amides is 1. The van der Waals surface area contributed by atoms with Crippen LogP contribution in [0.25, 0.3) is 0 Å². The van der Waals surface area contributed by atoms with Crippen molar-refractivity contribution in [3.05, 3.63) is 0 Å². The van der Waals surface area contributed by atoms with Crippen molar-refractivity contribution >= 4 is 6.09 Å². The Morgan fingerprint density at radius 3 is 2.52 bits per heavy atom. The van der Waals surface area contributed by atoms with Gasteiger partial charge in [0, 0.05) is 25.8 Å². The van der Waals surface area contributed by atoms with Crippen LogP contribution >= 0.6 is 0 Å². The summed E-state index contributed by atoms with van der Waals surface area (Å²) in [6.45, 7) is 8.76. The second kappa shape index (κ2) is 10.8. The molecular formula is C17H34N2O4. The topological polar surface area (TPSA) is 68.8 Å². The van der Waals surface area contributed by atoms with Gasteiger partial charge in [-0.05, 0) is 59.4 Å². The van der Waals surface area contributed by atoms with Crippen LogP contribution in [0.15, 0.2) is 0 Å². The van der Waals surface area contributed by atoms with Gasteiger partial charge in [0.1, 0.15) is 5.60 Å². The predicted molar refractivity (Wildman–Crippen MR) is 90.7 cm³/mol. The van der Waals surface area contributed by atoms with Gasteiger partial charge in [-0.25, -0.2) is 4.79 Å². The quantitative estimate of drug-likeness (QED) is 0.602. The molecule has 1 aliphatic carbocycles. The second-order valence-corrected chi connectivity index (χ2v) is 7.12. The number of methoxy groups -OCH3 is 1. The van der Waals surface area contributed by atoms with Gasteiger partial charge >= 0.3 is 6.09 Å². The minimum atomic E-state index is -0.439. The maximum absolute atomic E-state index is 11.8. The fourth-order valence-corrected chi connectivity index (χ4v) is 2.65. The zero-order valence-electron chi connectivity index (χ0n) is 15.2. The molecule has 136 valence electrons. The van der Waals surface area contributed by atoms with E-state index in [9.17, 15) is 4.79 Å². The summed E-state index contributed by atoms with van der Waals surface area (Å²) in [4.78, 5) is 11.8. The van der Waals surface area contributed by atoms with Crippen LogP contribution in [-0.2, 0) is 14.2 Å². The third-order valence-corrected chi connectivity index (χ3v) is 3.73. The molecule has 0 aromatic heterocycles.